The first kappa shape index (κ1) is 16.8. The van der Waals surface area contributed by atoms with E-state index >= 15 is 0 Å². The molecule has 4 rings (SSSR count). The fraction of sp³-hybridized carbons (Fsp3) is 0.100. The number of carbonyl (C=O) groups is 1. The summed E-state index contributed by atoms with van der Waals surface area (Å²) < 4.78 is 0. The van der Waals surface area contributed by atoms with Gasteiger partial charge < -0.3 is 0 Å². The van der Waals surface area contributed by atoms with Crippen molar-refractivity contribution in [3.8, 4) is 12.1 Å². The molecule has 2 heterocycles. The molecule has 1 atom stereocenters. The molecule has 0 aliphatic carbocycles. The summed E-state index contributed by atoms with van der Waals surface area (Å²) in [5.74, 6) is 0. The molecule has 7 heteroatoms. The zero-order chi connectivity index (χ0) is 19.0. The molecular formula is C20H12ClN5O. The summed E-state index contributed by atoms with van der Waals surface area (Å²) in [4.78, 5) is 20.3. The van der Waals surface area contributed by atoms with E-state index in [0.29, 0.717) is 22.0 Å². The maximum absolute atomic E-state index is 13.2. The Morgan fingerprint density at radius 2 is 1.93 bits per heavy atom. The van der Waals surface area contributed by atoms with E-state index in [2.05, 4.69) is 17.1 Å². The minimum absolute atomic E-state index is 0.133. The number of nitrogens with zero attached hydrogens (tertiary/aromatic N) is 5. The predicted octanol–water partition coefficient (Wildman–Crippen LogP) is 4.10. The molecule has 2 aromatic carbocycles. The zero-order valence-corrected chi connectivity index (χ0v) is 14.8. The third kappa shape index (κ3) is 2.73. The molecule has 3 aromatic rings. The number of amides is 2. The lowest BCUT2D eigenvalue weighted by Crippen LogP contribution is -2.34. The van der Waals surface area contributed by atoms with Crippen LogP contribution in [0.25, 0.3) is 10.8 Å². The standard InChI is InChI=1S/C20H12ClN5O/c21-15-6-5-13(8-22)18(7-15)25-12-16(9-23)26(20(25)27)19-11-24-10-14-3-1-2-4-17(14)19/h1-7,10-11,16H,12H2. The van der Waals surface area contributed by atoms with Crippen LogP contribution in [-0.2, 0) is 0 Å². The van der Waals surface area contributed by atoms with Crippen LogP contribution in [0.3, 0.4) is 0 Å². The second-order valence-electron chi connectivity index (χ2n) is 6.06. The number of urea groups is 1. The van der Waals surface area contributed by atoms with E-state index in [-0.39, 0.29) is 6.54 Å². The van der Waals surface area contributed by atoms with Crippen molar-refractivity contribution in [1.82, 2.24) is 4.98 Å². The number of aromatic nitrogens is 1. The van der Waals surface area contributed by atoms with Crippen molar-refractivity contribution < 1.29 is 4.79 Å². The summed E-state index contributed by atoms with van der Waals surface area (Å²) in [5, 5.41) is 21.1. The van der Waals surface area contributed by atoms with Crippen LogP contribution in [0.15, 0.2) is 54.9 Å². The van der Waals surface area contributed by atoms with Gasteiger partial charge in [-0.3, -0.25) is 14.8 Å². The highest BCUT2D eigenvalue weighted by Gasteiger charge is 2.40. The Bertz CT molecular complexity index is 1140. The third-order valence-electron chi connectivity index (χ3n) is 4.53. The monoisotopic (exact) mass is 373 g/mol. The summed E-state index contributed by atoms with van der Waals surface area (Å²) >= 11 is 6.07. The van der Waals surface area contributed by atoms with Crippen LogP contribution in [-0.4, -0.2) is 23.6 Å². The molecule has 130 valence electrons. The summed E-state index contributed by atoms with van der Waals surface area (Å²) in [7, 11) is 0. The summed E-state index contributed by atoms with van der Waals surface area (Å²) in [6.07, 6.45) is 3.29. The number of anilines is 2. The van der Waals surface area contributed by atoms with E-state index in [0.717, 1.165) is 10.8 Å². The molecule has 0 radical (unpaired) electrons. The number of halogens is 1. The first-order valence-electron chi connectivity index (χ1n) is 8.17. The maximum Gasteiger partial charge on any atom is 0.330 e. The van der Waals surface area contributed by atoms with Gasteiger partial charge in [-0.2, -0.15) is 10.5 Å². The molecule has 2 amide bonds. The van der Waals surface area contributed by atoms with Gasteiger partial charge in [0.1, 0.15) is 12.1 Å². The first-order chi connectivity index (χ1) is 13.1. The Labute approximate surface area is 160 Å². The van der Waals surface area contributed by atoms with E-state index < -0.39 is 12.1 Å². The quantitative estimate of drug-likeness (QED) is 0.677. The van der Waals surface area contributed by atoms with Gasteiger partial charge in [0.15, 0.2) is 0 Å². The van der Waals surface area contributed by atoms with Crippen LogP contribution >= 0.6 is 11.6 Å². The van der Waals surface area contributed by atoms with E-state index in [1.165, 1.54) is 9.80 Å². The summed E-state index contributed by atoms with van der Waals surface area (Å²) in [6.45, 7) is 0.133. The molecule has 1 fully saturated rings. The SMILES string of the molecule is N#Cc1ccc(Cl)cc1N1CC(C#N)N(c2cncc3ccccc23)C1=O. The lowest BCUT2D eigenvalue weighted by molar-refractivity contribution is 0.255. The molecule has 0 N–H and O–H groups in total. The average molecular weight is 374 g/mol. The van der Waals surface area contributed by atoms with Gasteiger partial charge in [-0.25, -0.2) is 4.79 Å². The van der Waals surface area contributed by atoms with Gasteiger partial charge >= 0.3 is 6.03 Å². The fourth-order valence-electron chi connectivity index (χ4n) is 3.28. The van der Waals surface area contributed by atoms with Crippen LogP contribution in [0.5, 0.6) is 0 Å². The highest BCUT2D eigenvalue weighted by atomic mass is 35.5. The number of nitriles is 2. The lowest BCUT2D eigenvalue weighted by Gasteiger charge is -2.21. The minimum Gasteiger partial charge on any atom is -0.289 e. The Morgan fingerprint density at radius 3 is 2.70 bits per heavy atom. The number of rotatable bonds is 2. The van der Waals surface area contributed by atoms with Crippen LogP contribution in [0.2, 0.25) is 5.02 Å². The Kier molecular flexibility index (Phi) is 4.12. The predicted molar refractivity (Wildman–Crippen MR) is 103 cm³/mol. The van der Waals surface area contributed by atoms with Gasteiger partial charge in [0.05, 0.1) is 35.7 Å². The third-order valence-corrected chi connectivity index (χ3v) is 4.77. The molecule has 0 bridgehead atoms. The second kappa shape index (κ2) is 6.60. The number of fused-ring (bicyclic) bond motifs is 1. The lowest BCUT2D eigenvalue weighted by atomic mass is 10.1. The van der Waals surface area contributed by atoms with Crippen LogP contribution in [0.1, 0.15) is 5.56 Å². The van der Waals surface area contributed by atoms with Crippen molar-refractivity contribution in [2.24, 2.45) is 0 Å². The Hall–Kier alpha value is -3.61. The summed E-state index contributed by atoms with van der Waals surface area (Å²) in [5.41, 5.74) is 1.28. The fourth-order valence-corrected chi connectivity index (χ4v) is 3.45. The molecule has 1 aliphatic rings. The summed E-state index contributed by atoms with van der Waals surface area (Å²) in [6, 6.07) is 15.4. The van der Waals surface area contributed by atoms with Crippen molar-refractivity contribution in [2.45, 2.75) is 6.04 Å². The molecule has 0 spiro atoms. The van der Waals surface area contributed by atoms with E-state index in [1.54, 1.807) is 30.6 Å². The smallest absolute Gasteiger partial charge is 0.289 e. The number of hydrogen-bond donors (Lipinski definition) is 0. The highest BCUT2D eigenvalue weighted by Crippen LogP contribution is 2.35. The van der Waals surface area contributed by atoms with Gasteiger partial charge in [0.25, 0.3) is 0 Å². The van der Waals surface area contributed by atoms with Crippen molar-refractivity contribution >= 4 is 39.8 Å². The molecule has 1 aromatic heterocycles. The van der Waals surface area contributed by atoms with Crippen molar-refractivity contribution in [2.75, 3.05) is 16.3 Å². The molecule has 1 aliphatic heterocycles. The molecule has 0 saturated carbocycles. The topological polar surface area (TPSA) is 84.0 Å². The zero-order valence-electron chi connectivity index (χ0n) is 14.0. The largest absolute Gasteiger partial charge is 0.330 e. The molecule has 1 unspecified atom stereocenters. The molecule has 27 heavy (non-hydrogen) atoms. The minimum atomic E-state index is -0.712. The Balaban J connectivity index is 1.84. The van der Waals surface area contributed by atoms with E-state index in [1.807, 2.05) is 24.3 Å². The van der Waals surface area contributed by atoms with Crippen molar-refractivity contribution in [1.29, 1.82) is 10.5 Å². The van der Waals surface area contributed by atoms with Gasteiger partial charge in [0, 0.05) is 22.0 Å². The van der Waals surface area contributed by atoms with Gasteiger partial charge in [-0.15, -0.1) is 0 Å². The van der Waals surface area contributed by atoms with Crippen molar-refractivity contribution in [3.05, 3.63) is 65.4 Å². The van der Waals surface area contributed by atoms with E-state index in [4.69, 9.17) is 11.6 Å². The maximum atomic E-state index is 13.2. The number of pyridine rings is 1. The van der Waals surface area contributed by atoms with Gasteiger partial charge in [-0.1, -0.05) is 35.9 Å². The number of benzene rings is 2. The molecule has 6 nitrogen and oxygen atoms in total. The second-order valence-corrected chi connectivity index (χ2v) is 6.50. The van der Waals surface area contributed by atoms with E-state index in [9.17, 15) is 15.3 Å². The van der Waals surface area contributed by atoms with Crippen molar-refractivity contribution in [3.63, 3.8) is 0 Å². The average Bonchev–Trinajstić information content (AvgIpc) is 3.03. The Morgan fingerprint density at radius 1 is 1.11 bits per heavy atom. The van der Waals surface area contributed by atoms with Crippen LogP contribution in [0, 0.1) is 22.7 Å². The van der Waals surface area contributed by atoms with Gasteiger partial charge in [0.2, 0.25) is 0 Å². The normalized spacial score (nSPS) is 16.4. The highest BCUT2D eigenvalue weighted by molar-refractivity contribution is 6.31. The molecule has 1 saturated heterocycles. The van der Waals surface area contributed by atoms with Crippen LogP contribution in [0.4, 0.5) is 16.2 Å². The van der Waals surface area contributed by atoms with Gasteiger partial charge in [-0.05, 0) is 18.2 Å². The number of hydrogen-bond acceptors (Lipinski definition) is 4. The first-order valence-corrected chi connectivity index (χ1v) is 8.54. The molecular weight excluding hydrogens is 362 g/mol. The van der Waals surface area contributed by atoms with Crippen LogP contribution < -0.4 is 9.80 Å². The number of carbonyl (C=O) groups excluding carboxylic acids is 1.